The normalized spacial score (nSPS) is 11.2. The Bertz CT molecular complexity index is 6030. The molecule has 20 heteroatoms. The second-order valence-corrected chi connectivity index (χ2v) is 26.2. The Kier molecular flexibility index (Phi) is 17.7. The van der Waals surface area contributed by atoms with Crippen molar-refractivity contribution >= 4 is 66.2 Å². The summed E-state index contributed by atoms with van der Waals surface area (Å²) in [5.41, 5.74) is 19.9. The molecule has 0 aliphatic rings. The van der Waals surface area contributed by atoms with Gasteiger partial charge in [0, 0.05) is 30.3 Å². The first-order valence-electron chi connectivity index (χ1n) is 34.0. The van der Waals surface area contributed by atoms with Crippen LogP contribution in [0.5, 0.6) is 0 Å². The number of imidazole rings is 8. The lowest BCUT2D eigenvalue weighted by molar-refractivity contribution is -0.670. The maximum Gasteiger partial charge on any atom is 0.249 e. The smallest absolute Gasteiger partial charge is 0.239 e. The number of halogens is 2. The molecule has 0 radical (unpaired) electrons. The van der Waals surface area contributed by atoms with Crippen LogP contribution < -0.4 is 36.5 Å². The number of para-hydroxylation sites is 12. The Morgan fingerprint density at radius 3 is 1.01 bits per heavy atom. The fourth-order valence-electron chi connectivity index (χ4n) is 14.0. The molecule has 0 N–H and O–H groups in total. The van der Waals surface area contributed by atoms with Crippen LogP contribution >= 0.6 is 0 Å². The molecule has 0 spiro atoms. The minimum atomic E-state index is -0.888. The van der Waals surface area contributed by atoms with Gasteiger partial charge in [-0.25, -0.2) is 63.6 Å². The van der Waals surface area contributed by atoms with Gasteiger partial charge in [0.2, 0.25) is 50.6 Å². The molecule has 0 saturated carbocycles. The summed E-state index contributed by atoms with van der Waals surface area (Å²) in [4.78, 5) is 0. The molecular formula is C84H76F2N18+8. The quantitative estimate of drug-likeness (QED) is 0.127. The molecule has 508 valence electrons. The number of aromatic nitrogens is 16. The van der Waals surface area contributed by atoms with E-state index in [1.807, 2.05) is 158 Å². The third-order valence-corrected chi connectivity index (χ3v) is 19.0. The van der Waals surface area contributed by atoms with Gasteiger partial charge in [0.25, 0.3) is 0 Å². The second kappa shape index (κ2) is 27.8. The summed E-state index contributed by atoms with van der Waals surface area (Å²) in [5, 5.41) is 19.2. The Labute approximate surface area is 598 Å². The number of aryl methyl sites for hydroxylation is 8. The van der Waals surface area contributed by atoms with Gasteiger partial charge >= 0.3 is 0 Å². The van der Waals surface area contributed by atoms with E-state index in [0.717, 1.165) is 80.0 Å². The van der Waals surface area contributed by atoms with Gasteiger partial charge in [0.15, 0.2) is 89.2 Å². The van der Waals surface area contributed by atoms with Gasteiger partial charge in [-0.1, -0.05) is 97.1 Å². The third-order valence-electron chi connectivity index (χ3n) is 19.0. The molecule has 0 atom stereocenters. The predicted octanol–water partition coefficient (Wildman–Crippen LogP) is 10.7. The molecule has 18 aromatic rings. The highest BCUT2D eigenvalue weighted by Gasteiger charge is 2.30. The van der Waals surface area contributed by atoms with Crippen LogP contribution in [0.2, 0.25) is 0 Å². The number of fused-ring (bicyclic) bond motifs is 6. The average molecular weight is 1380 g/mol. The van der Waals surface area contributed by atoms with E-state index in [1.54, 1.807) is 27.9 Å². The summed E-state index contributed by atoms with van der Waals surface area (Å²) in [5.74, 6) is -1.78. The maximum atomic E-state index is 15.3. The lowest BCUT2D eigenvalue weighted by Gasteiger charge is -2.07. The topological polar surface area (TPSA) is 118 Å². The van der Waals surface area contributed by atoms with Gasteiger partial charge in [-0.2, -0.15) is 28.8 Å². The van der Waals surface area contributed by atoms with Crippen molar-refractivity contribution in [3.05, 3.63) is 328 Å². The Morgan fingerprint density at radius 2 is 0.644 bits per heavy atom. The largest absolute Gasteiger partial charge is 0.249 e. The molecule has 104 heavy (non-hydrogen) atoms. The first kappa shape index (κ1) is 66.2. The molecule has 18 rings (SSSR count). The molecule has 0 aliphatic carbocycles. The summed E-state index contributed by atoms with van der Waals surface area (Å²) < 4.78 is 63.3. The predicted molar refractivity (Wildman–Crippen MR) is 393 cm³/mol. The van der Waals surface area contributed by atoms with Crippen molar-refractivity contribution in [2.45, 2.75) is 13.1 Å². The average Bonchev–Trinajstić information content (AvgIpc) is 1.57. The summed E-state index contributed by atoms with van der Waals surface area (Å²) in [6, 6.07) is 77.5. The van der Waals surface area contributed by atoms with Gasteiger partial charge < -0.3 is 0 Å². The number of nitriles is 2. The Hall–Kier alpha value is -13.7. The van der Waals surface area contributed by atoms with Gasteiger partial charge in [-0.15, -0.1) is 0 Å². The Morgan fingerprint density at radius 1 is 0.317 bits per heavy atom. The van der Waals surface area contributed by atoms with Crippen LogP contribution in [0.4, 0.5) is 8.78 Å². The fourth-order valence-corrected chi connectivity index (χ4v) is 14.0. The molecule has 8 aromatic heterocycles. The zero-order valence-corrected chi connectivity index (χ0v) is 58.9. The molecule has 0 saturated heterocycles. The van der Waals surface area contributed by atoms with Crippen LogP contribution in [0.25, 0.3) is 100 Å². The number of benzene rings is 10. The van der Waals surface area contributed by atoms with Crippen molar-refractivity contribution < 1.29 is 45.3 Å². The number of nitrogens with zero attached hydrogens (tertiary/aromatic N) is 18. The fraction of sp³-hybridized carbons (Fsp3) is 0.119. The highest BCUT2D eigenvalue weighted by Crippen LogP contribution is 2.31. The van der Waals surface area contributed by atoms with E-state index in [1.165, 1.54) is 39.3 Å². The van der Waals surface area contributed by atoms with Crippen molar-refractivity contribution in [3.63, 3.8) is 0 Å². The van der Waals surface area contributed by atoms with E-state index in [4.69, 9.17) is 0 Å². The molecule has 10 aromatic carbocycles. The third kappa shape index (κ3) is 12.7. The van der Waals surface area contributed by atoms with E-state index in [9.17, 15) is 10.5 Å². The summed E-state index contributed by atoms with van der Waals surface area (Å²) in [7, 11) is 16.0. The number of rotatable bonds is 10. The van der Waals surface area contributed by atoms with Crippen molar-refractivity contribution in [1.82, 2.24) is 36.5 Å². The summed E-state index contributed by atoms with van der Waals surface area (Å²) in [6.45, 7) is 1.74. The van der Waals surface area contributed by atoms with E-state index in [-0.39, 0.29) is 11.4 Å². The summed E-state index contributed by atoms with van der Waals surface area (Å²) in [6.07, 6.45) is 24.2. The van der Waals surface area contributed by atoms with Gasteiger partial charge in [0.05, 0.1) is 68.0 Å². The first-order valence-corrected chi connectivity index (χ1v) is 34.0. The Balaban J connectivity index is 0.000000113. The zero-order valence-electron chi connectivity index (χ0n) is 58.9. The second-order valence-electron chi connectivity index (χ2n) is 26.2. The minimum Gasteiger partial charge on any atom is -0.239 e. The molecule has 0 fully saturated rings. The van der Waals surface area contributed by atoms with E-state index in [2.05, 4.69) is 244 Å². The van der Waals surface area contributed by atoms with Crippen LogP contribution in [-0.4, -0.2) is 36.5 Å². The first-order chi connectivity index (χ1) is 50.6. The molecule has 8 heterocycles. The van der Waals surface area contributed by atoms with Crippen LogP contribution in [0, 0.1) is 34.3 Å². The van der Waals surface area contributed by atoms with Gasteiger partial charge in [-0.05, 0) is 102 Å². The molecular weight excluding hydrogens is 1300 g/mol. The highest BCUT2D eigenvalue weighted by molar-refractivity contribution is 5.79. The summed E-state index contributed by atoms with van der Waals surface area (Å²) >= 11 is 0. The monoisotopic (exact) mass is 1370 g/mol. The highest BCUT2D eigenvalue weighted by atomic mass is 19.1. The molecule has 18 nitrogen and oxygen atoms in total. The molecule has 0 aliphatic heterocycles. The number of hydrogen-bond acceptors (Lipinski definition) is 2. The zero-order chi connectivity index (χ0) is 71.9. The standard InChI is InChI=1S/C24H24N4.C23H17F2N5.C23H19N5.C14H16N4/c1-25-17-27(23-12-5-3-10-21(23)25)15-19-8-7-9-20(14-19)16-28-18-26(2)22-11-4-6-13-24(22)28;1-27-13-29(18-9-5-3-7-16(18)27)20-11-21(23(25)15(12-26)22(20)24)30-14-28(2)17-8-4-6-10-19(17)30;1-25-15-27(22-9-5-3-7-20(22)25)18-11-17(14-24)12-19(13-18)28-16-26(2)21-8-4-6-10-23(21)28;1-15-6-8-17(11-15)13-4-3-5-14(10-13)18-9-7-16(2)12-18/h3-14,17-18H,15-16H2,1-2H3;3-11,13-14H,1-2H3;3-13,15-16H,1-2H3;3-12H,1-2H3/q4*+2. The van der Waals surface area contributed by atoms with E-state index < -0.39 is 17.2 Å². The lowest BCUT2D eigenvalue weighted by Crippen LogP contribution is -2.25. The van der Waals surface area contributed by atoms with Crippen molar-refractivity contribution in [2.75, 3.05) is 0 Å². The van der Waals surface area contributed by atoms with Crippen LogP contribution in [0.1, 0.15) is 22.3 Å². The minimum absolute atomic E-state index is 0.111. The maximum absolute atomic E-state index is 15.3. The van der Waals surface area contributed by atoms with E-state index in [0.29, 0.717) is 5.56 Å². The van der Waals surface area contributed by atoms with Crippen LogP contribution in [0.15, 0.2) is 294 Å². The van der Waals surface area contributed by atoms with E-state index >= 15 is 8.78 Å². The molecule has 0 amide bonds. The van der Waals surface area contributed by atoms with Gasteiger partial charge in [0.1, 0.15) is 72.3 Å². The lowest BCUT2D eigenvalue weighted by atomic mass is 10.1. The van der Waals surface area contributed by atoms with Crippen molar-refractivity contribution in [1.29, 1.82) is 10.5 Å². The van der Waals surface area contributed by atoms with Crippen molar-refractivity contribution in [3.8, 4) is 46.3 Å². The molecule has 0 unspecified atom stereocenters. The molecule has 0 bridgehead atoms. The van der Waals surface area contributed by atoms with Crippen molar-refractivity contribution in [2.24, 2.45) is 56.4 Å². The van der Waals surface area contributed by atoms with Crippen LogP contribution in [0.3, 0.4) is 0 Å². The van der Waals surface area contributed by atoms with Gasteiger partial charge in [-0.3, -0.25) is 0 Å². The van der Waals surface area contributed by atoms with Crippen LogP contribution in [-0.2, 0) is 69.5 Å². The number of hydrogen-bond donors (Lipinski definition) is 0. The SMILES string of the molecule is C[n+]1ccn(-c2cccc(-n3cc[n+](C)c3)c2)c1.C[n+]1cn(-c2cc(-n3c[n+](C)c4ccccc43)c(F)c(C#N)c2F)c2ccccc21.C[n+]1cn(-c2cc(C#N)cc(-n3c[n+](C)c4ccccc43)c2)c2ccccc21.C[n+]1cn(Cc2cccc(Cn3c[n+](C)c4ccccc43)c2)c2ccccc21.